The molecule has 0 aromatic heterocycles. The Morgan fingerprint density at radius 1 is 1.45 bits per heavy atom. The summed E-state index contributed by atoms with van der Waals surface area (Å²) in [6, 6.07) is 5.30. The van der Waals surface area contributed by atoms with Gasteiger partial charge in [0, 0.05) is 25.2 Å². The lowest BCUT2D eigenvalue weighted by atomic mass is 10.0. The van der Waals surface area contributed by atoms with Gasteiger partial charge in [0.15, 0.2) is 0 Å². The van der Waals surface area contributed by atoms with Crippen LogP contribution >= 0.6 is 15.9 Å². The molecule has 6 heteroatoms. The third-order valence-electron chi connectivity index (χ3n) is 3.46. The summed E-state index contributed by atoms with van der Waals surface area (Å²) in [4.78, 5) is 13.5. The first-order chi connectivity index (χ1) is 10.2. The maximum Gasteiger partial charge on any atom is 0.410 e. The fraction of sp³-hybridized carbons (Fsp3) is 0.562. The Bertz CT molecular complexity index is 554. The molecular formula is C16H22BrFN2O2. The molecule has 1 aliphatic heterocycles. The van der Waals surface area contributed by atoms with E-state index < -0.39 is 5.60 Å². The summed E-state index contributed by atoms with van der Waals surface area (Å²) < 4.78 is 19.0. The molecule has 1 atom stereocenters. The van der Waals surface area contributed by atoms with Crippen molar-refractivity contribution in [3.8, 4) is 0 Å². The normalized spacial score (nSPS) is 17.1. The molecule has 1 unspecified atom stereocenters. The van der Waals surface area contributed by atoms with E-state index >= 15 is 0 Å². The summed E-state index contributed by atoms with van der Waals surface area (Å²) in [5, 5.41) is 3.43. The summed E-state index contributed by atoms with van der Waals surface area (Å²) in [5.74, 6) is -0.268. The fourth-order valence-electron chi connectivity index (χ4n) is 2.29. The van der Waals surface area contributed by atoms with Crippen molar-refractivity contribution in [2.75, 3.05) is 13.1 Å². The number of ether oxygens (including phenoxy) is 1. The van der Waals surface area contributed by atoms with Gasteiger partial charge in [0.25, 0.3) is 0 Å². The number of hydrogen-bond donors (Lipinski definition) is 1. The Labute approximate surface area is 139 Å². The highest BCUT2D eigenvalue weighted by Gasteiger charge is 2.34. The predicted octanol–water partition coefficient (Wildman–Crippen LogP) is 3.86. The standard InChI is InChI=1S/C16H22BrFN2O2/c1-10(11-5-6-14(18)13(17)7-11)19-12-8-20(9-12)15(21)22-16(2,3)4/h5-7,10,12,19H,8-9H2,1-4H3. The monoisotopic (exact) mass is 372 g/mol. The van der Waals surface area contributed by atoms with Gasteiger partial charge in [-0.25, -0.2) is 9.18 Å². The molecule has 1 aromatic carbocycles. The molecule has 1 fully saturated rings. The lowest BCUT2D eigenvalue weighted by Crippen LogP contribution is -2.60. The Morgan fingerprint density at radius 3 is 2.64 bits per heavy atom. The predicted molar refractivity (Wildman–Crippen MR) is 87.2 cm³/mol. The lowest BCUT2D eigenvalue weighted by Gasteiger charge is -2.41. The van der Waals surface area contributed by atoms with Crippen LogP contribution in [0.25, 0.3) is 0 Å². The van der Waals surface area contributed by atoms with Crippen LogP contribution in [-0.4, -0.2) is 35.7 Å². The molecule has 2 rings (SSSR count). The summed E-state index contributed by atoms with van der Waals surface area (Å²) in [6.45, 7) is 8.84. The van der Waals surface area contributed by atoms with Crippen LogP contribution in [-0.2, 0) is 4.74 Å². The van der Waals surface area contributed by atoms with Crippen LogP contribution in [0.1, 0.15) is 39.3 Å². The van der Waals surface area contributed by atoms with E-state index in [2.05, 4.69) is 21.2 Å². The van der Waals surface area contributed by atoms with E-state index in [1.54, 1.807) is 17.0 Å². The topological polar surface area (TPSA) is 41.6 Å². The third kappa shape index (κ3) is 4.43. The Hall–Kier alpha value is -1.14. The second-order valence-corrected chi connectivity index (χ2v) is 7.50. The Kier molecular flexibility index (Phi) is 5.12. The molecular weight excluding hydrogens is 351 g/mol. The van der Waals surface area contributed by atoms with E-state index in [-0.39, 0.29) is 24.0 Å². The van der Waals surface area contributed by atoms with E-state index in [0.29, 0.717) is 17.6 Å². The van der Waals surface area contributed by atoms with E-state index in [1.165, 1.54) is 6.07 Å². The molecule has 0 aliphatic carbocycles. The van der Waals surface area contributed by atoms with Crippen LogP contribution in [0, 0.1) is 5.82 Å². The molecule has 1 aromatic rings. The molecule has 0 spiro atoms. The minimum atomic E-state index is -0.469. The van der Waals surface area contributed by atoms with Crippen LogP contribution in [0.3, 0.4) is 0 Å². The number of nitrogens with zero attached hydrogens (tertiary/aromatic N) is 1. The molecule has 1 amide bonds. The third-order valence-corrected chi connectivity index (χ3v) is 4.07. The molecule has 122 valence electrons. The number of hydrogen-bond acceptors (Lipinski definition) is 3. The first-order valence-corrected chi connectivity index (χ1v) is 8.14. The van der Waals surface area contributed by atoms with Gasteiger partial charge in [0.2, 0.25) is 0 Å². The van der Waals surface area contributed by atoms with Crippen molar-refractivity contribution in [3.63, 3.8) is 0 Å². The average Bonchev–Trinajstić information content (AvgIpc) is 2.34. The quantitative estimate of drug-likeness (QED) is 0.875. The highest BCUT2D eigenvalue weighted by Crippen LogP contribution is 2.23. The van der Waals surface area contributed by atoms with Gasteiger partial charge in [0.05, 0.1) is 4.47 Å². The Morgan fingerprint density at radius 2 is 2.09 bits per heavy atom. The fourth-order valence-corrected chi connectivity index (χ4v) is 2.69. The first kappa shape index (κ1) is 17.2. The minimum absolute atomic E-state index is 0.0858. The minimum Gasteiger partial charge on any atom is -0.444 e. The van der Waals surface area contributed by atoms with E-state index in [4.69, 9.17) is 4.74 Å². The van der Waals surface area contributed by atoms with E-state index in [1.807, 2.05) is 27.7 Å². The molecule has 1 saturated heterocycles. The summed E-state index contributed by atoms with van der Waals surface area (Å²) in [6.07, 6.45) is -0.275. The molecule has 4 nitrogen and oxygen atoms in total. The van der Waals surface area contributed by atoms with Crippen molar-refractivity contribution < 1.29 is 13.9 Å². The summed E-state index contributed by atoms with van der Waals surface area (Å²) in [7, 11) is 0. The van der Waals surface area contributed by atoms with Gasteiger partial charge in [0.1, 0.15) is 11.4 Å². The van der Waals surface area contributed by atoms with Crippen molar-refractivity contribution in [3.05, 3.63) is 34.1 Å². The number of benzene rings is 1. The molecule has 1 aliphatic rings. The van der Waals surface area contributed by atoms with Crippen molar-refractivity contribution in [2.24, 2.45) is 0 Å². The number of carbonyl (C=O) groups is 1. The summed E-state index contributed by atoms with van der Waals surface area (Å²) >= 11 is 3.20. The van der Waals surface area contributed by atoms with Crippen LogP contribution in [0.5, 0.6) is 0 Å². The smallest absolute Gasteiger partial charge is 0.410 e. The highest BCUT2D eigenvalue weighted by atomic mass is 79.9. The average molecular weight is 373 g/mol. The number of likely N-dealkylation sites (tertiary alicyclic amines) is 1. The second kappa shape index (κ2) is 6.54. The maximum absolute atomic E-state index is 13.3. The number of rotatable bonds is 3. The summed E-state index contributed by atoms with van der Waals surface area (Å²) in [5.41, 5.74) is 0.535. The number of halogens is 2. The second-order valence-electron chi connectivity index (χ2n) is 6.64. The number of nitrogens with one attached hydrogen (secondary N) is 1. The first-order valence-electron chi connectivity index (χ1n) is 7.34. The highest BCUT2D eigenvalue weighted by molar-refractivity contribution is 9.10. The van der Waals surface area contributed by atoms with Gasteiger partial charge in [-0.05, 0) is 61.3 Å². The molecule has 0 radical (unpaired) electrons. The SMILES string of the molecule is CC(NC1CN(C(=O)OC(C)(C)C)C1)c1ccc(F)c(Br)c1. The molecule has 1 heterocycles. The zero-order chi connectivity index (χ0) is 16.5. The van der Waals surface area contributed by atoms with Gasteiger partial charge in [-0.15, -0.1) is 0 Å². The van der Waals surface area contributed by atoms with Gasteiger partial charge in [-0.2, -0.15) is 0 Å². The number of carbonyl (C=O) groups excluding carboxylic acids is 1. The van der Waals surface area contributed by atoms with Crippen molar-refractivity contribution >= 4 is 22.0 Å². The van der Waals surface area contributed by atoms with Gasteiger partial charge >= 0.3 is 6.09 Å². The molecule has 0 saturated carbocycles. The van der Waals surface area contributed by atoms with Crippen LogP contribution in [0.4, 0.5) is 9.18 Å². The Balaban J connectivity index is 1.82. The van der Waals surface area contributed by atoms with Gasteiger partial charge < -0.3 is 15.0 Å². The zero-order valence-corrected chi connectivity index (χ0v) is 14.9. The lowest BCUT2D eigenvalue weighted by molar-refractivity contribution is 0.00434. The van der Waals surface area contributed by atoms with Crippen molar-refractivity contribution in [2.45, 2.75) is 45.4 Å². The van der Waals surface area contributed by atoms with Crippen LogP contribution < -0.4 is 5.32 Å². The van der Waals surface area contributed by atoms with Crippen LogP contribution in [0.2, 0.25) is 0 Å². The zero-order valence-electron chi connectivity index (χ0n) is 13.3. The maximum atomic E-state index is 13.3. The van der Waals surface area contributed by atoms with E-state index in [0.717, 1.165) is 5.56 Å². The molecule has 0 bridgehead atoms. The van der Waals surface area contributed by atoms with Gasteiger partial charge in [-0.1, -0.05) is 6.07 Å². The van der Waals surface area contributed by atoms with Crippen LogP contribution in [0.15, 0.2) is 22.7 Å². The number of amides is 1. The molecule has 1 N–H and O–H groups in total. The van der Waals surface area contributed by atoms with Crippen molar-refractivity contribution in [1.82, 2.24) is 10.2 Å². The van der Waals surface area contributed by atoms with Crippen molar-refractivity contribution in [1.29, 1.82) is 0 Å². The largest absolute Gasteiger partial charge is 0.444 e. The molecule has 22 heavy (non-hydrogen) atoms. The van der Waals surface area contributed by atoms with Gasteiger partial charge in [-0.3, -0.25) is 0 Å². The van der Waals surface area contributed by atoms with E-state index in [9.17, 15) is 9.18 Å².